The van der Waals surface area contributed by atoms with E-state index in [1.807, 2.05) is 6.07 Å². The van der Waals surface area contributed by atoms with Gasteiger partial charge in [0.2, 0.25) is 0 Å². The van der Waals surface area contributed by atoms with Gasteiger partial charge in [0.15, 0.2) is 17.5 Å². The maximum absolute atomic E-state index is 5.07. The molecule has 1 heterocycles. The van der Waals surface area contributed by atoms with E-state index in [9.17, 15) is 0 Å². The molecule has 0 bridgehead atoms. The zero-order chi connectivity index (χ0) is 25.3. The lowest BCUT2D eigenvalue weighted by Gasteiger charge is -2.15. The van der Waals surface area contributed by atoms with E-state index in [1.165, 1.54) is 27.6 Å². The predicted molar refractivity (Wildman–Crippen MR) is 156 cm³/mol. The summed E-state index contributed by atoms with van der Waals surface area (Å²) in [6.45, 7) is 0. The van der Waals surface area contributed by atoms with Gasteiger partial charge in [0.1, 0.15) is 0 Å². The summed E-state index contributed by atoms with van der Waals surface area (Å²) in [5.74, 6) is 2.06. The standard InChI is InChI=1S/C35H25N3/c1-2-10-24(11-3-1)25-20-22-28(23-21-25)33-36-34(31-18-8-14-26-12-4-6-16-29(26)31)38-35(37-33)32-19-9-15-27-13-5-7-17-30(27)32/h1-4,6-12,14-23H,5,13H2. The summed E-state index contributed by atoms with van der Waals surface area (Å²) in [4.78, 5) is 15.1. The average Bonchev–Trinajstić information content (AvgIpc) is 3.01. The molecular weight excluding hydrogens is 462 g/mol. The molecule has 0 unspecified atom stereocenters. The number of hydrogen-bond acceptors (Lipinski definition) is 3. The first kappa shape index (κ1) is 22.3. The van der Waals surface area contributed by atoms with Crippen molar-refractivity contribution in [1.29, 1.82) is 0 Å². The van der Waals surface area contributed by atoms with E-state index in [1.54, 1.807) is 0 Å². The number of nitrogens with zero attached hydrogens (tertiary/aromatic N) is 3. The highest BCUT2D eigenvalue weighted by molar-refractivity contribution is 5.95. The molecule has 180 valence electrons. The van der Waals surface area contributed by atoms with E-state index in [2.05, 4.69) is 121 Å². The van der Waals surface area contributed by atoms with E-state index in [4.69, 9.17) is 15.0 Å². The van der Waals surface area contributed by atoms with Crippen LogP contribution in [0.5, 0.6) is 0 Å². The van der Waals surface area contributed by atoms with Gasteiger partial charge in [-0.25, -0.2) is 15.0 Å². The Bertz CT molecular complexity index is 1800. The van der Waals surface area contributed by atoms with Crippen molar-refractivity contribution in [3.63, 3.8) is 0 Å². The Balaban J connectivity index is 1.42. The Hall–Kier alpha value is -4.89. The van der Waals surface area contributed by atoms with Crippen LogP contribution in [0.2, 0.25) is 0 Å². The van der Waals surface area contributed by atoms with Crippen LogP contribution in [0.3, 0.4) is 0 Å². The number of allylic oxidation sites excluding steroid dienone is 1. The molecule has 38 heavy (non-hydrogen) atoms. The molecule has 0 radical (unpaired) electrons. The molecule has 5 aromatic carbocycles. The Morgan fingerprint density at radius 3 is 1.97 bits per heavy atom. The van der Waals surface area contributed by atoms with Crippen molar-refractivity contribution in [2.45, 2.75) is 12.8 Å². The quantitative estimate of drug-likeness (QED) is 0.250. The molecule has 0 fully saturated rings. The summed E-state index contributed by atoms with van der Waals surface area (Å²) in [6, 6.07) is 40.0. The fourth-order valence-corrected chi connectivity index (χ4v) is 5.27. The van der Waals surface area contributed by atoms with Gasteiger partial charge < -0.3 is 0 Å². The summed E-state index contributed by atoms with van der Waals surface area (Å²) in [7, 11) is 0. The summed E-state index contributed by atoms with van der Waals surface area (Å²) in [5.41, 5.74) is 7.92. The molecule has 1 aliphatic carbocycles. The Kier molecular flexibility index (Phi) is 5.60. The van der Waals surface area contributed by atoms with E-state index in [0.29, 0.717) is 17.5 Å². The van der Waals surface area contributed by atoms with Crippen LogP contribution in [0.15, 0.2) is 121 Å². The highest BCUT2D eigenvalue weighted by Crippen LogP contribution is 2.33. The summed E-state index contributed by atoms with van der Waals surface area (Å²) >= 11 is 0. The first-order chi connectivity index (χ1) is 18.8. The molecule has 0 saturated heterocycles. The van der Waals surface area contributed by atoms with E-state index >= 15 is 0 Å². The lowest BCUT2D eigenvalue weighted by Crippen LogP contribution is -2.03. The molecule has 3 nitrogen and oxygen atoms in total. The zero-order valence-electron chi connectivity index (χ0n) is 20.9. The third-order valence-electron chi connectivity index (χ3n) is 7.22. The van der Waals surface area contributed by atoms with Crippen molar-refractivity contribution in [1.82, 2.24) is 15.0 Å². The van der Waals surface area contributed by atoms with Crippen molar-refractivity contribution in [3.05, 3.63) is 132 Å². The second kappa shape index (κ2) is 9.53. The lowest BCUT2D eigenvalue weighted by molar-refractivity contribution is 0.983. The molecule has 0 spiro atoms. The van der Waals surface area contributed by atoms with E-state index < -0.39 is 0 Å². The first-order valence-electron chi connectivity index (χ1n) is 13.0. The molecule has 1 aromatic heterocycles. The molecule has 3 heteroatoms. The van der Waals surface area contributed by atoms with Crippen LogP contribution in [0.1, 0.15) is 17.5 Å². The number of aromatic nitrogens is 3. The second-order valence-electron chi connectivity index (χ2n) is 9.60. The molecule has 1 aliphatic rings. The highest BCUT2D eigenvalue weighted by atomic mass is 15.0. The molecule has 6 aromatic rings. The maximum atomic E-state index is 5.07. The minimum absolute atomic E-state index is 0.676. The number of rotatable bonds is 4. The van der Waals surface area contributed by atoms with Gasteiger partial charge in [-0.05, 0) is 45.9 Å². The van der Waals surface area contributed by atoms with Crippen molar-refractivity contribution in [2.75, 3.05) is 0 Å². The Morgan fingerprint density at radius 1 is 0.474 bits per heavy atom. The van der Waals surface area contributed by atoms with Gasteiger partial charge in [-0.15, -0.1) is 0 Å². The van der Waals surface area contributed by atoms with Crippen LogP contribution in [0.25, 0.3) is 62.1 Å². The van der Waals surface area contributed by atoms with Gasteiger partial charge in [0, 0.05) is 16.7 Å². The fraction of sp³-hybridized carbons (Fsp3) is 0.0571. The lowest BCUT2D eigenvalue weighted by atomic mass is 9.93. The zero-order valence-corrected chi connectivity index (χ0v) is 20.9. The van der Waals surface area contributed by atoms with Crippen LogP contribution in [0, 0.1) is 0 Å². The monoisotopic (exact) mass is 487 g/mol. The third kappa shape index (κ3) is 4.08. The van der Waals surface area contributed by atoms with Crippen LogP contribution >= 0.6 is 0 Å². The SMILES string of the molecule is C1=Cc2c(cccc2-c2nc(-c3ccc(-c4ccccc4)cc3)nc(-c3cccc4ccccc34)n2)CC1. The van der Waals surface area contributed by atoms with Gasteiger partial charge in [-0.3, -0.25) is 0 Å². The largest absolute Gasteiger partial charge is 0.208 e. The Morgan fingerprint density at radius 2 is 1.11 bits per heavy atom. The molecule has 0 atom stereocenters. The predicted octanol–water partition coefficient (Wildman–Crippen LogP) is 8.65. The van der Waals surface area contributed by atoms with E-state index in [0.717, 1.165) is 34.9 Å². The molecule has 0 saturated carbocycles. The summed E-state index contributed by atoms with van der Waals surface area (Å²) < 4.78 is 0. The highest BCUT2D eigenvalue weighted by Gasteiger charge is 2.17. The number of fused-ring (bicyclic) bond motifs is 2. The second-order valence-corrected chi connectivity index (χ2v) is 9.60. The van der Waals surface area contributed by atoms with Crippen molar-refractivity contribution < 1.29 is 0 Å². The third-order valence-corrected chi connectivity index (χ3v) is 7.22. The summed E-state index contributed by atoms with van der Waals surface area (Å²) in [5, 5.41) is 2.30. The van der Waals surface area contributed by atoms with Crippen molar-refractivity contribution in [2.24, 2.45) is 0 Å². The minimum atomic E-state index is 0.676. The summed E-state index contributed by atoms with van der Waals surface area (Å²) in [6.07, 6.45) is 6.55. The van der Waals surface area contributed by atoms with Gasteiger partial charge in [-0.2, -0.15) is 0 Å². The minimum Gasteiger partial charge on any atom is -0.208 e. The average molecular weight is 488 g/mol. The molecule has 0 N–H and O–H groups in total. The number of hydrogen-bond donors (Lipinski definition) is 0. The smallest absolute Gasteiger partial charge is 0.164 e. The van der Waals surface area contributed by atoms with Crippen LogP contribution < -0.4 is 0 Å². The first-order valence-corrected chi connectivity index (χ1v) is 13.0. The Labute approximate surface area is 222 Å². The fourth-order valence-electron chi connectivity index (χ4n) is 5.27. The van der Waals surface area contributed by atoms with Crippen LogP contribution in [-0.4, -0.2) is 15.0 Å². The topological polar surface area (TPSA) is 38.7 Å². The van der Waals surface area contributed by atoms with Gasteiger partial charge in [0.25, 0.3) is 0 Å². The van der Waals surface area contributed by atoms with Crippen LogP contribution in [-0.2, 0) is 6.42 Å². The molecule has 0 amide bonds. The molecule has 7 rings (SSSR count). The molecule has 0 aliphatic heterocycles. The van der Waals surface area contributed by atoms with Gasteiger partial charge in [-0.1, -0.05) is 127 Å². The number of aryl methyl sites for hydroxylation is 1. The van der Waals surface area contributed by atoms with Gasteiger partial charge in [0.05, 0.1) is 0 Å². The maximum Gasteiger partial charge on any atom is 0.164 e. The van der Waals surface area contributed by atoms with Gasteiger partial charge >= 0.3 is 0 Å². The van der Waals surface area contributed by atoms with Crippen LogP contribution in [0.4, 0.5) is 0 Å². The normalized spacial score (nSPS) is 12.4. The number of benzene rings is 5. The van der Waals surface area contributed by atoms with Crippen molar-refractivity contribution >= 4 is 16.8 Å². The van der Waals surface area contributed by atoms with E-state index in [-0.39, 0.29) is 0 Å². The van der Waals surface area contributed by atoms with Crippen molar-refractivity contribution in [3.8, 4) is 45.3 Å². The molecular formula is C35H25N3.